The molecule has 40 heavy (non-hydrogen) atoms. The van der Waals surface area contributed by atoms with Crippen molar-refractivity contribution in [2.45, 2.75) is 71.6 Å². The molecule has 0 unspecified atom stereocenters. The minimum Gasteiger partial charge on any atom is -0.392 e. The quantitative estimate of drug-likeness (QED) is 0.0990. The number of aliphatic hydroxyl groups excluding tert-OH is 1. The molecule has 0 saturated carbocycles. The molecule has 0 spiro atoms. The zero-order valence-corrected chi connectivity index (χ0v) is 24.0. The number of nitrogens with one attached hydrogen (secondary N) is 3. The fourth-order valence-electron chi connectivity index (χ4n) is 4.59. The van der Waals surface area contributed by atoms with Gasteiger partial charge in [0.25, 0.3) is 0 Å². The molecule has 2 rings (SSSR count). The summed E-state index contributed by atoms with van der Waals surface area (Å²) in [4.78, 5) is 43.2. The van der Waals surface area contributed by atoms with Gasteiger partial charge in [0.1, 0.15) is 12.1 Å². The highest BCUT2D eigenvalue weighted by atomic mass is 16.5. The summed E-state index contributed by atoms with van der Waals surface area (Å²) in [6.45, 7) is 9.53. The van der Waals surface area contributed by atoms with Crippen molar-refractivity contribution in [1.29, 1.82) is 0 Å². The molecule has 12 heteroatoms. The minimum absolute atomic E-state index is 0.0809. The standard InChI is InChI=1S/C28H45N7O5/c1-20(2)26(28(39)31-21(3)27(38)32-24-9-7-23(19-36)8-10-24)33-25(37)6-4-5-22-11-14-35(15-12-22)16-18-40-17-13-30-34-29/h7-10,20-22,26,36H,4-6,11-19H2,1-3H3,(H,31,39)(H,32,38)(H,33,37)/t21-,26-/m0/s1. The molecule has 4 N–H and O–H groups in total. The van der Waals surface area contributed by atoms with Gasteiger partial charge in [0, 0.05) is 30.1 Å². The average Bonchev–Trinajstić information content (AvgIpc) is 2.94. The molecule has 1 fully saturated rings. The predicted octanol–water partition coefficient (Wildman–Crippen LogP) is 2.97. The Bertz CT molecular complexity index is 974. The summed E-state index contributed by atoms with van der Waals surface area (Å²) in [6.07, 6.45) is 4.26. The monoisotopic (exact) mass is 559 g/mol. The third-order valence-electron chi connectivity index (χ3n) is 7.10. The predicted molar refractivity (Wildman–Crippen MR) is 153 cm³/mol. The molecule has 0 aliphatic carbocycles. The minimum atomic E-state index is -0.793. The molecule has 222 valence electrons. The SMILES string of the molecule is CC(C)[C@H](NC(=O)CCCC1CCN(CCOCCN=[N+]=[N-])CC1)C(=O)N[C@@H](C)C(=O)Nc1ccc(CO)cc1. The number of benzene rings is 1. The number of aliphatic hydroxyl groups is 1. The highest BCUT2D eigenvalue weighted by Crippen LogP contribution is 2.22. The summed E-state index contributed by atoms with van der Waals surface area (Å²) in [6, 6.07) is 5.27. The van der Waals surface area contributed by atoms with Crippen molar-refractivity contribution in [3.8, 4) is 0 Å². The largest absolute Gasteiger partial charge is 0.392 e. The van der Waals surface area contributed by atoms with E-state index in [9.17, 15) is 14.4 Å². The summed E-state index contributed by atoms with van der Waals surface area (Å²) in [5.74, 6) is -0.486. The van der Waals surface area contributed by atoms with Crippen molar-refractivity contribution < 1.29 is 24.2 Å². The van der Waals surface area contributed by atoms with Gasteiger partial charge in [-0.05, 0) is 80.8 Å². The molecule has 0 bridgehead atoms. The van der Waals surface area contributed by atoms with Gasteiger partial charge in [-0.1, -0.05) is 31.1 Å². The van der Waals surface area contributed by atoms with Gasteiger partial charge in [0.2, 0.25) is 17.7 Å². The number of azide groups is 1. The molecule has 0 aromatic heterocycles. The van der Waals surface area contributed by atoms with Crippen LogP contribution in [0.5, 0.6) is 0 Å². The molecule has 1 heterocycles. The molecule has 1 saturated heterocycles. The second kappa shape index (κ2) is 18.2. The first-order valence-electron chi connectivity index (χ1n) is 14.1. The van der Waals surface area contributed by atoms with Gasteiger partial charge in [-0.25, -0.2) is 0 Å². The summed E-state index contributed by atoms with van der Waals surface area (Å²) in [5, 5.41) is 20.9. The third-order valence-corrected chi connectivity index (χ3v) is 7.10. The second-order valence-electron chi connectivity index (χ2n) is 10.6. The van der Waals surface area contributed by atoms with Crippen molar-refractivity contribution in [3.63, 3.8) is 0 Å². The Hall–Kier alpha value is -3.18. The third kappa shape index (κ3) is 12.3. The Kier molecular flexibility index (Phi) is 15.0. The smallest absolute Gasteiger partial charge is 0.246 e. The number of amides is 3. The number of anilines is 1. The highest BCUT2D eigenvalue weighted by Gasteiger charge is 2.27. The Morgan fingerprint density at radius 1 is 1.10 bits per heavy atom. The maximum atomic E-state index is 12.9. The Morgan fingerprint density at radius 2 is 1.80 bits per heavy atom. The van der Waals surface area contributed by atoms with E-state index in [1.165, 1.54) is 0 Å². The summed E-state index contributed by atoms with van der Waals surface area (Å²) in [7, 11) is 0. The van der Waals surface area contributed by atoms with E-state index in [2.05, 4.69) is 30.9 Å². The Morgan fingerprint density at radius 3 is 2.42 bits per heavy atom. The van der Waals surface area contributed by atoms with Crippen molar-refractivity contribution in [3.05, 3.63) is 40.3 Å². The van der Waals surface area contributed by atoms with Gasteiger partial charge in [0.15, 0.2) is 0 Å². The van der Waals surface area contributed by atoms with E-state index in [0.29, 0.717) is 37.8 Å². The van der Waals surface area contributed by atoms with Crippen LogP contribution in [0.1, 0.15) is 58.4 Å². The Balaban J connectivity index is 1.67. The summed E-state index contributed by atoms with van der Waals surface area (Å²) in [5.41, 5.74) is 9.56. The van der Waals surface area contributed by atoms with E-state index in [4.69, 9.17) is 15.4 Å². The highest BCUT2D eigenvalue weighted by molar-refractivity contribution is 5.98. The number of rotatable bonds is 17. The van der Waals surface area contributed by atoms with Crippen LogP contribution < -0.4 is 16.0 Å². The van der Waals surface area contributed by atoms with E-state index < -0.39 is 18.0 Å². The second-order valence-corrected chi connectivity index (χ2v) is 10.6. The summed E-state index contributed by atoms with van der Waals surface area (Å²) >= 11 is 0. The zero-order chi connectivity index (χ0) is 29.3. The molecular weight excluding hydrogens is 514 g/mol. The fraction of sp³-hybridized carbons (Fsp3) is 0.679. The van der Waals surface area contributed by atoms with Crippen LogP contribution in [0.4, 0.5) is 5.69 Å². The first-order valence-corrected chi connectivity index (χ1v) is 14.1. The van der Waals surface area contributed by atoms with Gasteiger partial charge < -0.3 is 30.7 Å². The maximum Gasteiger partial charge on any atom is 0.246 e. The number of piperidine rings is 1. The van der Waals surface area contributed by atoms with E-state index in [1.807, 2.05) is 13.8 Å². The number of hydrogen-bond acceptors (Lipinski definition) is 7. The topological polar surface area (TPSA) is 169 Å². The number of likely N-dealkylation sites (tertiary alicyclic amines) is 1. The van der Waals surface area contributed by atoms with Crippen LogP contribution in [0, 0.1) is 11.8 Å². The van der Waals surface area contributed by atoms with Crippen molar-refractivity contribution in [2.75, 3.05) is 44.7 Å². The fourth-order valence-corrected chi connectivity index (χ4v) is 4.59. The van der Waals surface area contributed by atoms with Crippen LogP contribution >= 0.6 is 0 Å². The van der Waals surface area contributed by atoms with Crippen LogP contribution in [-0.2, 0) is 25.7 Å². The first-order chi connectivity index (χ1) is 19.2. The molecule has 3 amide bonds. The molecule has 12 nitrogen and oxygen atoms in total. The number of ether oxygens (including phenoxy) is 1. The van der Waals surface area contributed by atoms with Crippen LogP contribution in [0.15, 0.2) is 29.4 Å². The van der Waals surface area contributed by atoms with Crippen molar-refractivity contribution in [2.24, 2.45) is 17.0 Å². The molecule has 0 radical (unpaired) electrons. The van der Waals surface area contributed by atoms with E-state index in [0.717, 1.165) is 50.9 Å². The molecule has 1 aromatic carbocycles. The number of nitrogens with zero attached hydrogens (tertiary/aromatic N) is 4. The number of hydrogen-bond donors (Lipinski definition) is 4. The van der Waals surface area contributed by atoms with Gasteiger partial charge in [-0.15, -0.1) is 0 Å². The molecule has 1 aliphatic heterocycles. The van der Waals surface area contributed by atoms with Gasteiger partial charge in [0.05, 0.1) is 19.8 Å². The maximum absolute atomic E-state index is 12.9. The lowest BCUT2D eigenvalue weighted by Gasteiger charge is -2.31. The van der Waals surface area contributed by atoms with Crippen LogP contribution in [-0.4, -0.2) is 79.2 Å². The van der Waals surface area contributed by atoms with Crippen LogP contribution in [0.25, 0.3) is 10.4 Å². The number of carbonyl (C=O) groups is 3. The van der Waals surface area contributed by atoms with Crippen molar-refractivity contribution in [1.82, 2.24) is 15.5 Å². The van der Waals surface area contributed by atoms with Gasteiger partial charge in [-0.3, -0.25) is 14.4 Å². The molecule has 1 aromatic rings. The Labute approximate surface area is 236 Å². The lowest BCUT2D eigenvalue weighted by Crippen LogP contribution is -2.53. The van der Waals surface area contributed by atoms with E-state index >= 15 is 0 Å². The molecule has 2 atom stereocenters. The van der Waals surface area contributed by atoms with E-state index in [-0.39, 0.29) is 24.3 Å². The molecular formula is C28H45N7O5. The lowest BCUT2D eigenvalue weighted by atomic mass is 9.91. The molecule has 1 aliphatic rings. The average molecular weight is 560 g/mol. The summed E-state index contributed by atoms with van der Waals surface area (Å²) < 4.78 is 5.48. The number of carbonyl (C=O) groups excluding carboxylic acids is 3. The lowest BCUT2D eigenvalue weighted by molar-refractivity contribution is -0.131. The first kappa shape index (κ1) is 33.0. The van der Waals surface area contributed by atoms with Gasteiger partial charge >= 0.3 is 0 Å². The van der Waals surface area contributed by atoms with Crippen LogP contribution in [0.3, 0.4) is 0 Å². The normalized spacial score (nSPS) is 15.6. The van der Waals surface area contributed by atoms with Crippen LogP contribution in [0.2, 0.25) is 0 Å². The van der Waals surface area contributed by atoms with Gasteiger partial charge in [-0.2, -0.15) is 0 Å². The zero-order valence-electron chi connectivity index (χ0n) is 24.0. The van der Waals surface area contributed by atoms with E-state index in [1.54, 1.807) is 31.2 Å². The van der Waals surface area contributed by atoms with Crippen molar-refractivity contribution >= 4 is 23.4 Å².